The maximum Gasteiger partial charge on any atom is -0.0181 e. The lowest BCUT2D eigenvalue weighted by molar-refractivity contribution is 0.601. The number of rotatable bonds is 5. The molecule has 1 saturated carbocycles. The van der Waals surface area contributed by atoms with E-state index in [1.807, 2.05) is 0 Å². The van der Waals surface area contributed by atoms with Crippen LogP contribution in [0.5, 0.6) is 0 Å². The second-order valence-corrected chi connectivity index (χ2v) is 5.78. The predicted octanol–water partition coefficient (Wildman–Crippen LogP) is 5.21. The van der Waals surface area contributed by atoms with Gasteiger partial charge in [0, 0.05) is 0 Å². The molecule has 94 valence electrons. The van der Waals surface area contributed by atoms with Crippen LogP contribution in [0.25, 0.3) is 10.8 Å². The van der Waals surface area contributed by atoms with Crippen LogP contribution in [-0.2, 0) is 6.42 Å². The number of hydrogen-bond donors (Lipinski definition) is 0. The largest absolute Gasteiger partial charge is 0.0654 e. The van der Waals surface area contributed by atoms with E-state index in [0.717, 1.165) is 11.8 Å². The second kappa shape index (κ2) is 5.14. The molecule has 2 aromatic carbocycles. The third-order valence-electron chi connectivity index (χ3n) is 4.31. The smallest absolute Gasteiger partial charge is 0.0181 e. The molecule has 1 aliphatic rings. The van der Waals surface area contributed by atoms with E-state index in [9.17, 15) is 0 Å². The average Bonchev–Trinajstić information content (AvgIpc) is 3.14. The van der Waals surface area contributed by atoms with Gasteiger partial charge in [-0.2, -0.15) is 0 Å². The Kier molecular flexibility index (Phi) is 3.36. The minimum Gasteiger partial charge on any atom is -0.0654 e. The molecule has 0 radical (unpaired) electrons. The van der Waals surface area contributed by atoms with E-state index in [2.05, 4.69) is 49.4 Å². The van der Waals surface area contributed by atoms with Crippen molar-refractivity contribution in [3.8, 4) is 0 Å². The van der Waals surface area contributed by atoms with Crippen LogP contribution in [0.15, 0.2) is 42.5 Å². The van der Waals surface area contributed by atoms with Crippen LogP contribution in [-0.4, -0.2) is 0 Å². The zero-order valence-electron chi connectivity index (χ0n) is 11.2. The SMILES string of the molecule is CCCC[C@H]1C[C@@H]1Cc1ccc2ccccc2c1. The van der Waals surface area contributed by atoms with Gasteiger partial charge in [0.05, 0.1) is 0 Å². The highest BCUT2D eigenvalue weighted by molar-refractivity contribution is 5.82. The van der Waals surface area contributed by atoms with Gasteiger partial charge in [0.15, 0.2) is 0 Å². The summed E-state index contributed by atoms with van der Waals surface area (Å²) in [6, 6.07) is 15.6. The molecule has 0 amide bonds. The Morgan fingerprint density at radius 3 is 2.67 bits per heavy atom. The lowest BCUT2D eigenvalue weighted by Crippen LogP contribution is -1.90. The van der Waals surface area contributed by atoms with E-state index in [1.165, 1.54) is 48.4 Å². The van der Waals surface area contributed by atoms with Crippen molar-refractivity contribution in [3.63, 3.8) is 0 Å². The minimum atomic E-state index is 0.970. The normalized spacial score (nSPS) is 22.3. The van der Waals surface area contributed by atoms with Gasteiger partial charge in [-0.1, -0.05) is 68.7 Å². The molecule has 2 atom stereocenters. The molecule has 2 aromatic rings. The summed E-state index contributed by atoms with van der Waals surface area (Å²) >= 11 is 0. The van der Waals surface area contributed by atoms with E-state index in [-0.39, 0.29) is 0 Å². The summed E-state index contributed by atoms with van der Waals surface area (Å²) in [5.74, 6) is 1.99. The average molecular weight is 238 g/mol. The predicted molar refractivity (Wildman–Crippen MR) is 78.8 cm³/mol. The Bertz CT molecular complexity index is 526. The lowest BCUT2D eigenvalue weighted by Gasteiger charge is -2.03. The monoisotopic (exact) mass is 238 g/mol. The molecule has 0 spiro atoms. The van der Waals surface area contributed by atoms with Crippen molar-refractivity contribution >= 4 is 10.8 Å². The highest BCUT2D eigenvalue weighted by Gasteiger charge is 2.35. The molecular weight excluding hydrogens is 216 g/mol. The number of hydrogen-bond acceptors (Lipinski definition) is 0. The molecule has 3 rings (SSSR count). The molecule has 0 aromatic heterocycles. The van der Waals surface area contributed by atoms with Gasteiger partial charge in [-0.25, -0.2) is 0 Å². The molecule has 0 heteroatoms. The zero-order valence-corrected chi connectivity index (χ0v) is 11.2. The molecule has 18 heavy (non-hydrogen) atoms. The van der Waals surface area contributed by atoms with Gasteiger partial charge in [0.25, 0.3) is 0 Å². The first-order valence-corrected chi connectivity index (χ1v) is 7.34. The van der Waals surface area contributed by atoms with Gasteiger partial charge in [-0.3, -0.25) is 0 Å². The maximum atomic E-state index is 2.38. The first-order valence-electron chi connectivity index (χ1n) is 7.34. The summed E-state index contributed by atoms with van der Waals surface area (Å²) in [5.41, 5.74) is 1.53. The zero-order chi connectivity index (χ0) is 12.4. The fourth-order valence-corrected chi connectivity index (χ4v) is 3.05. The van der Waals surface area contributed by atoms with E-state index in [4.69, 9.17) is 0 Å². The molecule has 1 fully saturated rings. The second-order valence-electron chi connectivity index (χ2n) is 5.78. The topological polar surface area (TPSA) is 0 Å². The lowest BCUT2D eigenvalue weighted by atomic mass is 10.0. The van der Waals surface area contributed by atoms with Gasteiger partial charge in [0.2, 0.25) is 0 Å². The fraction of sp³-hybridized carbons (Fsp3) is 0.444. The Balaban J connectivity index is 1.65. The summed E-state index contributed by atoms with van der Waals surface area (Å²) < 4.78 is 0. The van der Waals surface area contributed by atoms with Crippen LogP contribution in [0.2, 0.25) is 0 Å². The Morgan fingerprint density at radius 2 is 1.83 bits per heavy atom. The van der Waals surface area contributed by atoms with Gasteiger partial charge in [-0.05, 0) is 41.0 Å². The molecular formula is C18H22. The maximum absolute atomic E-state index is 2.38. The van der Waals surface area contributed by atoms with Crippen molar-refractivity contribution in [2.24, 2.45) is 11.8 Å². The summed E-state index contributed by atoms with van der Waals surface area (Å²) in [7, 11) is 0. The molecule has 0 bridgehead atoms. The first kappa shape index (κ1) is 11.8. The molecule has 0 unspecified atom stereocenters. The Morgan fingerprint density at radius 1 is 1.00 bits per heavy atom. The minimum absolute atomic E-state index is 0.970. The van der Waals surface area contributed by atoms with Crippen molar-refractivity contribution in [1.82, 2.24) is 0 Å². The van der Waals surface area contributed by atoms with E-state index in [0.29, 0.717) is 0 Å². The van der Waals surface area contributed by atoms with Crippen molar-refractivity contribution in [2.45, 2.75) is 39.0 Å². The molecule has 0 saturated heterocycles. The quantitative estimate of drug-likeness (QED) is 0.671. The highest BCUT2D eigenvalue weighted by Crippen LogP contribution is 2.44. The van der Waals surface area contributed by atoms with Gasteiger partial charge >= 0.3 is 0 Å². The van der Waals surface area contributed by atoms with E-state index >= 15 is 0 Å². The third-order valence-corrected chi connectivity index (χ3v) is 4.31. The number of unbranched alkanes of at least 4 members (excludes halogenated alkanes) is 1. The van der Waals surface area contributed by atoms with Gasteiger partial charge < -0.3 is 0 Å². The fourth-order valence-electron chi connectivity index (χ4n) is 3.05. The summed E-state index contributed by atoms with van der Waals surface area (Å²) in [6.07, 6.45) is 6.97. The summed E-state index contributed by atoms with van der Waals surface area (Å²) in [4.78, 5) is 0. The Labute approximate surface area is 110 Å². The van der Waals surface area contributed by atoms with Crippen molar-refractivity contribution in [2.75, 3.05) is 0 Å². The standard InChI is InChI=1S/C18H22/c1-2-3-6-17-13-18(17)12-14-9-10-15-7-4-5-8-16(15)11-14/h4-5,7-11,17-18H,2-3,6,12-13H2,1H3/t17-,18-/m0/s1. The van der Waals surface area contributed by atoms with Crippen molar-refractivity contribution < 1.29 is 0 Å². The number of benzene rings is 2. The molecule has 0 heterocycles. The van der Waals surface area contributed by atoms with Crippen LogP contribution < -0.4 is 0 Å². The van der Waals surface area contributed by atoms with Gasteiger partial charge in [0.1, 0.15) is 0 Å². The molecule has 0 N–H and O–H groups in total. The summed E-state index contributed by atoms with van der Waals surface area (Å²) in [5, 5.41) is 2.75. The van der Waals surface area contributed by atoms with Crippen LogP contribution in [0.1, 0.15) is 38.2 Å². The molecule has 0 aliphatic heterocycles. The van der Waals surface area contributed by atoms with Crippen LogP contribution in [0.3, 0.4) is 0 Å². The van der Waals surface area contributed by atoms with Gasteiger partial charge in [-0.15, -0.1) is 0 Å². The summed E-state index contributed by atoms with van der Waals surface area (Å²) in [6.45, 7) is 2.29. The van der Waals surface area contributed by atoms with Crippen LogP contribution in [0, 0.1) is 11.8 Å². The first-order chi connectivity index (χ1) is 8.86. The molecule has 1 aliphatic carbocycles. The highest BCUT2D eigenvalue weighted by atomic mass is 14.4. The van der Waals surface area contributed by atoms with Crippen LogP contribution >= 0.6 is 0 Å². The van der Waals surface area contributed by atoms with Crippen molar-refractivity contribution in [1.29, 1.82) is 0 Å². The Hall–Kier alpha value is -1.30. The third kappa shape index (κ3) is 2.58. The van der Waals surface area contributed by atoms with Crippen LogP contribution in [0.4, 0.5) is 0 Å². The number of fused-ring (bicyclic) bond motifs is 1. The van der Waals surface area contributed by atoms with E-state index in [1.54, 1.807) is 0 Å². The van der Waals surface area contributed by atoms with Crippen molar-refractivity contribution in [3.05, 3.63) is 48.0 Å². The van der Waals surface area contributed by atoms with E-state index < -0.39 is 0 Å². The molecule has 0 nitrogen and oxygen atoms in total.